The highest BCUT2D eigenvalue weighted by atomic mass is 19.1. The maximum atomic E-state index is 14.0. The summed E-state index contributed by atoms with van der Waals surface area (Å²) < 4.78 is 26.5. The SMILES string of the molecule is CC[C@@H]1O[C@H]2[C@H](F)[C@@H]1Oc1nc(=O)c(C)cn12. The lowest BCUT2D eigenvalue weighted by Gasteiger charge is -2.26. The van der Waals surface area contributed by atoms with E-state index in [9.17, 15) is 9.18 Å². The van der Waals surface area contributed by atoms with Gasteiger partial charge in [0.2, 0.25) is 0 Å². The Morgan fingerprint density at radius 3 is 3.06 bits per heavy atom. The predicted molar refractivity (Wildman–Crippen MR) is 56.7 cm³/mol. The number of aryl methyl sites for hydroxylation is 1. The summed E-state index contributed by atoms with van der Waals surface area (Å²) in [5.41, 5.74) is 0.104. The smallest absolute Gasteiger partial charge is 0.302 e. The highest BCUT2D eigenvalue weighted by Crippen LogP contribution is 2.40. The van der Waals surface area contributed by atoms with Crippen LogP contribution in [0.2, 0.25) is 0 Å². The number of aromatic nitrogens is 2. The van der Waals surface area contributed by atoms with Crippen LogP contribution in [0.25, 0.3) is 0 Å². The molecule has 1 aromatic rings. The van der Waals surface area contributed by atoms with Crippen molar-refractivity contribution in [2.24, 2.45) is 0 Å². The van der Waals surface area contributed by atoms with Crippen LogP contribution in [-0.4, -0.2) is 27.9 Å². The Kier molecular flexibility index (Phi) is 2.22. The molecule has 0 saturated carbocycles. The highest BCUT2D eigenvalue weighted by molar-refractivity contribution is 5.14. The van der Waals surface area contributed by atoms with Crippen molar-refractivity contribution in [3.8, 4) is 6.01 Å². The molecule has 6 heteroatoms. The normalized spacial score (nSPS) is 34.3. The second kappa shape index (κ2) is 3.53. The molecule has 17 heavy (non-hydrogen) atoms. The zero-order chi connectivity index (χ0) is 12.2. The standard InChI is InChI=1S/C11H13FN2O3/c1-3-6-8-7(12)10(16-6)14-4-5(2)9(15)13-11(14)17-8/h4,6-8,10H,3H2,1-2H3/t6-,7+,8+,10-/m0/s1. The third kappa shape index (κ3) is 1.40. The van der Waals surface area contributed by atoms with E-state index in [0.29, 0.717) is 12.0 Å². The quantitative estimate of drug-likeness (QED) is 0.733. The predicted octanol–water partition coefficient (Wildman–Crippen LogP) is 0.958. The first-order valence-corrected chi connectivity index (χ1v) is 5.67. The lowest BCUT2D eigenvalue weighted by molar-refractivity contribution is -0.0201. The largest absolute Gasteiger partial charge is 0.455 e. The molecule has 0 radical (unpaired) electrons. The lowest BCUT2D eigenvalue weighted by atomic mass is 10.1. The number of ether oxygens (including phenoxy) is 2. The van der Waals surface area contributed by atoms with Crippen LogP contribution in [0.4, 0.5) is 4.39 Å². The number of fused-ring (bicyclic) bond motifs is 4. The van der Waals surface area contributed by atoms with Gasteiger partial charge in [-0.2, -0.15) is 4.98 Å². The van der Waals surface area contributed by atoms with Crippen molar-refractivity contribution in [2.45, 2.75) is 44.9 Å². The van der Waals surface area contributed by atoms with Crippen molar-refractivity contribution in [2.75, 3.05) is 0 Å². The molecule has 0 unspecified atom stereocenters. The number of hydrogen-bond acceptors (Lipinski definition) is 4. The minimum absolute atomic E-state index is 0.153. The van der Waals surface area contributed by atoms with Gasteiger partial charge in [0, 0.05) is 11.8 Å². The molecular formula is C11H13FN2O3. The molecule has 0 N–H and O–H groups in total. The molecule has 0 aliphatic carbocycles. The molecule has 2 bridgehead atoms. The lowest BCUT2D eigenvalue weighted by Crippen LogP contribution is -2.40. The van der Waals surface area contributed by atoms with E-state index in [4.69, 9.17) is 9.47 Å². The molecular weight excluding hydrogens is 227 g/mol. The summed E-state index contributed by atoms with van der Waals surface area (Å²) in [4.78, 5) is 15.2. The summed E-state index contributed by atoms with van der Waals surface area (Å²) in [6, 6.07) is 0.153. The maximum absolute atomic E-state index is 14.0. The Hall–Kier alpha value is -1.43. The topological polar surface area (TPSA) is 53.4 Å². The maximum Gasteiger partial charge on any atom is 0.302 e. The summed E-state index contributed by atoms with van der Waals surface area (Å²) >= 11 is 0. The summed E-state index contributed by atoms with van der Waals surface area (Å²) in [6.45, 7) is 3.54. The van der Waals surface area contributed by atoms with E-state index >= 15 is 0 Å². The van der Waals surface area contributed by atoms with Gasteiger partial charge in [0.1, 0.15) is 6.10 Å². The van der Waals surface area contributed by atoms with E-state index < -0.39 is 18.5 Å². The van der Waals surface area contributed by atoms with Gasteiger partial charge < -0.3 is 9.47 Å². The van der Waals surface area contributed by atoms with Crippen molar-refractivity contribution in [3.63, 3.8) is 0 Å². The average molecular weight is 240 g/mol. The molecule has 0 spiro atoms. The minimum Gasteiger partial charge on any atom is -0.455 e. The molecule has 4 atom stereocenters. The van der Waals surface area contributed by atoms with E-state index in [1.807, 2.05) is 6.92 Å². The fourth-order valence-corrected chi connectivity index (χ4v) is 2.33. The van der Waals surface area contributed by atoms with Crippen LogP contribution < -0.4 is 10.3 Å². The second-order valence-corrected chi connectivity index (χ2v) is 4.42. The molecule has 3 heterocycles. The second-order valence-electron chi connectivity index (χ2n) is 4.42. The van der Waals surface area contributed by atoms with Crippen LogP contribution in [0.3, 0.4) is 0 Å². The Morgan fingerprint density at radius 1 is 1.59 bits per heavy atom. The molecule has 3 rings (SSSR count). The van der Waals surface area contributed by atoms with Crippen molar-refractivity contribution >= 4 is 0 Å². The van der Waals surface area contributed by atoms with Gasteiger partial charge in [0.05, 0.1) is 0 Å². The van der Waals surface area contributed by atoms with Gasteiger partial charge in [-0.15, -0.1) is 0 Å². The van der Waals surface area contributed by atoms with Crippen molar-refractivity contribution < 1.29 is 13.9 Å². The van der Waals surface area contributed by atoms with Crippen molar-refractivity contribution in [1.82, 2.24) is 9.55 Å². The van der Waals surface area contributed by atoms with Gasteiger partial charge in [-0.25, -0.2) is 4.39 Å². The first-order valence-electron chi connectivity index (χ1n) is 5.67. The van der Waals surface area contributed by atoms with Crippen LogP contribution in [0.5, 0.6) is 6.01 Å². The zero-order valence-corrected chi connectivity index (χ0v) is 9.59. The molecule has 1 aromatic heterocycles. The van der Waals surface area contributed by atoms with Gasteiger partial charge in [0.15, 0.2) is 18.5 Å². The number of alkyl halides is 1. The van der Waals surface area contributed by atoms with E-state index in [1.165, 1.54) is 10.8 Å². The summed E-state index contributed by atoms with van der Waals surface area (Å²) in [6.07, 6.45) is -0.668. The van der Waals surface area contributed by atoms with Crippen LogP contribution in [0.1, 0.15) is 25.1 Å². The van der Waals surface area contributed by atoms with Gasteiger partial charge >= 0.3 is 6.01 Å². The summed E-state index contributed by atoms with van der Waals surface area (Å²) in [5, 5.41) is 0. The third-order valence-electron chi connectivity index (χ3n) is 3.27. The Bertz CT molecular complexity index is 516. The van der Waals surface area contributed by atoms with Gasteiger partial charge in [-0.3, -0.25) is 9.36 Å². The Labute approximate surface area is 97.2 Å². The van der Waals surface area contributed by atoms with Gasteiger partial charge in [-0.1, -0.05) is 6.92 Å². The number of halogens is 1. The molecule has 2 aliphatic heterocycles. The third-order valence-corrected chi connectivity index (χ3v) is 3.27. The molecule has 92 valence electrons. The summed E-state index contributed by atoms with van der Waals surface area (Å²) in [7, 11) is 0. The molecule has 1 fully saturated rings. The molecule has 5 nitrogen and oxygen atoms in total. The molecule has 0 aromatic carbocycles. The van der Waals surface area contributed by atoms with E-state index in [-0.39, 0.29) is 17.7 Å². The fraction of sp³-hybridized carbons (Fsp3) is 0.636. The van der Waals surface area contributed by atoms with E-state index in [2.05, 4.69) is 4.98 Å². The molecule has 1 saturated heterocycles. The van der Waals surface area contributed by atoms with E-state index in [0.717, 1.165) is 0 Å². The molecule has 2 aliphatic rings. The average Bonchev–Trinajstić information content (AvgIpc) is 2.52. The van der Waals surface area contributed by atoms with Gasteiger partial charge in [0.25, 0.3) is 5.56 Å². The first-order chi connectivity index (χ1) is 8.11. The van der Waals surface area contributed by atoms with Crippen LogP contribution >= 0.6 is 0 Å². The van der Waals surface area contributed by atoms with Crippen LogP contribution in [0, 0.1) is 6.92 Å². The number of hydrogen-bond donors (Lipinski definition) is 0. The highest BCUT2D eigenvalue weighted by Gasteiger charge is 2.51. The minimum atomic E-state index is -1.21. The number of rotatable bonds is 1. The monoisotopic (exact) mass is 240 g/mol. The fourth-order valence-electron chi connectivity index (χ4n) is 2.33. The summed E-state index contributed by atoms with van der Waals surface area (Å²) in [5.74, 6) is 0. The Balaban J connectivity index is 2.10. The van der Waals surface area contributed by atoms with Gasteiger partial charge in [-0.05, 0) is 13.3 Å². The van der Waals surface area contributed by atoms with Crippen molar-refractivity contribution in [3.05, 3.63) is 22.1 Å². The van der Waals surface area contributed by atoms with E-state index in [1.54, 1.807) is 6.92 Å². The van der Waals surface area contributed by atoms with Crippen LogP contribution in [0.15, 0.2) is 11.0 Å². The van der Waals surface area contributed by atoms with Crippen molar-refractivity contribution in [1.29, 1.82) is 0 Å². The number of nitrogens with zero attached hydrogens (tertiary/aromatic N) is 2. The van der Waals surface area contributed by atoms with Crippen LogP contribution in [-0.2, 0) is 4.74 Å². The zero-order valence-electron chi connectivity index (χ0n) is 9.59. The Morgan fingerprint density at radius 2 is 2.35 bits per heavy atom. The first kappa shape index (κ1) is 10.7. The molecule has 0 amide bonds.